The number of hydrogen-bond donors (Lipinski definition) is 0. The molecule has 0 spiro atoms. The second-order valence-corrected chi connectivity index (χ2v) is 5.67. The Labute approximate surface area is 120 Å². The van der Waals surface area contributed by atoms with E-state index < -0.39 is 5.91 Å². The molecule has 1 aromatic rings. The summed E-state index contributed by atoms with van der Waals surface area (Å²) < 4.78 is 5.36. The molecule has 0 fully saturated rings. The number of hydrogen-bond acceptors (Lipinski definition) is 4. The maximum atomic E-state index is 12.2. The van der Waals surface area contributed by atoms with Crippen LogP contribution in [0.2, 0.25) is 0 Å². The molecule has 2 heterocycles. The zero-order chi connectivity index (χ0) is 14.0. The molecule has 0 aliphatic carbocycles. The molecular formula is C13H14ClNO3S. The number of ether oxygens (including phenoxy) is 1. The molecule has 0 saturated carbocycles. The Morgan fingerprint density at radius 2 is 2.11 bits per heavy atom. The van der Waals surface area contributed by atoms with Gasteiger partial charge in [-0.1, -0.05) is 17.7 Å². The van der Waals surface area contributed by atoms with Gasteiger partial charge in [-0.3, -0.25) is 14.5 Å². The summed E-state index contributed by atoms with van der Waals surface area (Å²) in [5, 5.41) is 1.84. The minimum atomic E-state index is -0.442. The first-order valence-corrected chi connectivity index (χ1v) is 7.19. The fourth-order valence-electron chi connectivity index (χ4n) is 1.76. The van der Waals surface area contributed by atoms with Gasteiger partial charge in [-0.2, -0.15) is 0 Å². The number of thiophene rings is 1. The summed E-state index contributed by atoms with van der Waals surface area (Å²) in [6, 6.07) is 3.60. The first kappa shape index (κ1) is 14.2. The minimum absolute atomic E-state index is 0.00278. The van der Waals surface area contributed by atoms with Gasteiger partial charge in [-0.05, 0) is 25.3 Å². The van der Waals surface area contributed by atoms with Crippen molar-refractivity contribution >= 4 is 40.3 Å². The summed E-state index contributed by atoms with van der Waals surface area (Å²) >= 11 is 7.37. The number of nitrogens with zero attached hydrogens (tertiary/aromatic N) is 1. The van der Waals surface area contributed by atoms with E-state index in [9.17, 15) is 9.59 Å². The Balaban J connectivity index is 2.12. The summed E-state index contributed by atoms with van der Waals surface area (Å²) in [4.78, 5) is 26.0. The monoisotopic (exact) mass is 299 g/mol. The van der Waals surface area contributed by atoms with E-state index in [1.165, 1.54) is 11.3 Å². The molecule has 1 aliphatic rings. The molecule has 0 radical (unpaired) electrons. The zero-order valence-electron chi connectivity index (χ0n) is 10.7. The van der Waals surface area contributed by atoms with Crippen molar-refractivity contribution in [3.05, 3.63) is 27.4 Å². The van der Waals surface area contributed by atoms with E-state index in [-0.39, 0.29) is 23.6 Å². The van der Waals surface area contributed by atoms with Gasteiger partial charge >= 0.3 is 0 Å². The molecule has 0 bridgehead atoms. The zero-order valence-corrected chi connectivity index (χ0v) is 12.3. The van der Waals surface area contributed by atoms with Crippen molar-refractivity contribution in [1.29, 1.82) is 0 Å². The van der Waals surface area contributed by atoms with E-state index in [2.05, 4.69) is 0 Å². The predicted octanol–water partition coefficient (Wildman–Crippen LogP) is 2.49. The summed E-state index contributed by atoms with van der Waals surface area (Å²) in [6.45, 7) is 4.34. The Morgan fingerprint density at radius 1 is 1.37 bits per heavy atom. The number of carbonyl (C=O) groups is 2. The average Bonchev–Trinajstić information content (AvgIpc) is 2.92. The highest BCUT2D eigenvalue weighted by Crippen LogP contribution is 2.33. The molecule has 4 nitrogen and oxygen atoms in total. The van der Waals surface area contributed by atoms with E-state index in [0.29, 0.717) is 12.2 Å². The van der Waals surface area contributed by atoms with Crippen LogP contribution in [0.25, 0.3) is 5.57 Å². The third-order valence-corrected chi connectivity index (χ3v) is 3.88. The van der Waals surface area contributed by atoms with Crippen molar-refractivity contribution < 1.29 is 14.3 Å². The molecule has 0 saturated heterocycles. The van der Waals surface area contributed by atoms with Crippen molar-refractivity contribution in [3.8, 4) is 0 Å². The lowest BCUT2D eigenvalue weighted by molar-refractivity contribution is -0.137. The third-order valence-electron chi connectivity index (χ3n) is 2.65. The number of amides is 2. The molecule has 0 aromatic carbocycles. The number of rotatable bonds is 5. The normalized spacial score (nSPS) is 16.1. The van der Waals surface area contributed by atoms with Gasteiger partial charge in [-0.15, -0.1) is 11.3 Å². The molecule has 0 unspecified atom stereocenters. The van der Waals surface area contributed by atoms with E-state index >= 15 is 0 Å². The fraction of sp³-hybridized carbons (Fsp3) is 0.385. The van der Waals surface area contributed by atoms with Crippen LogP contribution in [-0.4, -0.2) is 36.0 Å². The molecular weight excluding hydrogens is 286 g/mol. The molecule has 6 heteroatoms. The van der Waals surface area contributed by atoms with Crippen LogP contribution in [0.3, 0.4) is 0 Å². The third kappa shape index (κ3) is 2.88. The van der Waals surface area contributed by atoms with Gasteiger partial charge in [0, 0.05) is 4.88 Å². The van der Waals surface area contributed by atoms with Crippen LogP contribution in [-0.2, 0) is 14.3 Å². The van der Waals surface area contributed by atoms with Crippen LogP contribution in [0.1, 0.15) is 18.7 Å². The highest BCUT2D eigenvalue weighted by molar-refractivity contribution is 7.11. The minimum Gasteiger partial charge on any atom is -0.377 e. The maximum absolute atomic E-state index is 12.2. The molecule has 2 rings (SSSR count). The number of carbonyl (C=O) groups excluding carboxylic acids is 2. The van der Waals surface area contributed by atoms with Crippen LogP contribution < -0.4 is 0 Å². The predicted molar refractivity (Wildman–Crippen MR) is 74.9 cm³/mol. The lowest BCUT2D eigenvalue weighted by Gasteiger charge is -2.15. The van der Waals surface area contributed by atoms with Crippen LogP contribution in [0, 0.1) is 0 Å². The number of halogens is 1. The SMILES string of the molecule is CC(C)OCCN1C(=O)C(Cl)=C(c2cccs2)C1=O. The Bertz CT molecular complexity index is 522. The standard InChI is InChI=1S/C13H14ClNO3S/c1-8(2)18-6-5-15-12(16)10(11(14)13(15)17)9-4-3-7-19-9/h3-4,7-8H,5-6H2,1-2H3. The topological polar surface area (TPSA) is 46.6 Å². The molecule has 0 atom stereocenters. The lowest BCUT2D eigenvalue weighted by Crippen LogP contribution is -2.34. The van der Waals surface area contributed by atoms with Gasteiger partial charge < -0.3 is 4.74 Å². The van der Waals surface area contributed by atoms with Crippen LogP contribution in [0.15, 0.2) is 22.5 Å². The highest BCUT2D eigenvalue weighted by Gasteiger charge is 2.38. The molecule has 1 aliphatic heterocycles. The smallest absolute Gasteiger partial charge is 0.273 e. The molecule has 102 valence electrons. The van der Waals surface area contributed by atoms with Gasteiger partial charge in [0.05, 0.1) is 24.8 Å². The van der Waals surface area contributed by atoms with Crippen molar-refractivity contribution in [1.82, 2.24) is 4.90 Å². The largest absolute Gasteiger partial charge is 0.377 e. The first-order valence-electron chi connectivity index (χ1n) is 5.93. The second kappa shape index (κ2) is 5.86. The lowest BCUT2D eigenvalue weighted by atomic mass is 10.2. The highest BCUT2D eigenvalue weighted by atomic mass is 35.5. The van der Waals surface area contributed by atoms with Gasteiger partial charge in [-0.25, -0.2) is 0 Å². The van der Waals surface area contributed by atoms with Crippen LogP contribution in [0.5, 0.6) is 0 Å². The van der Waals surface area contributed by atoms with E-state index in [4.69, 9.17) is 16.3 Å². The Morgan fingerprint density at radius 3 is 2.68 bits per heavy atom. The maximum Gasteiger partial charge on any atom is 0.273 e. The van der Waals surface area contributed by atoms with Crippen molar-refractivity contribution in [2.24, 2.45) is 0 Å². The van der Waals surface area contributed by atoms with E-state index in [0.717, 1.165) is 9.78 Å². The van der Waals surface area contributed by atoms with Gasteiger partial charge in [0.2, 0.25) is 0 Å². The van der Waals surface area contributed by atoms with Gasteiger partial charge in [0.15, 0.2) is 0 Å². The summed E-state index contributed by atoms with van der Waals surface area (Å²) in [5.74, 6) is -0.785. The quantitative estimate of drug-likeness (QED) is 0.785. The fourth-order valence-corrected chi connectivity index (χ4v) is 2.87. The summed E-state index contributed by atoms with van der Waals surface area (Å²) in [5.41, 5.74) is 0.297. The molecule has 0 N–H and O–H groups in total. The first-order chi connectivity index (χ1) is 9.02. The second-order valence-electron chi connectivity index (χ2n) is 4.35. The number of imide groups is 1. The summed E-state index contributed by atoms with van der Waals surface area (Å²) in [7, 11) is 0. The van der Waals surface area contributed by atoms with Gasteiger partial charge in [0.1, 0.15) is 5.03 Å². The van der Waals surface area contributed by atoms with Crippen LogP contribution in [0.4, 0.5) is 0 Å². The van der Waals surface area contributed by atoms with Crippen LogP contribution >= 0.6 is 22.9 Å². The van der Waals surface area contributed by atoms with Crippen molar-refractivity contribution in [2.75, 3.05) is 13.2 Å². The molecule has 19 heavy (non-hydrogen) atoms. The van der Waals surface area contributed by atoms with E-state index in [1.54, 1.807) is 6.07 Å². The van der Waals surface area contributed by atoms with E-state index in [1.807, 2.05) is 25.3 Å². The average molecular weight is 300 g/mol. The van der Waals surface area contributed by atoms with Crippen molar-refractivity contribution in [3.63, 3.8) is 0 Å². The summed E-state index contributed by atoms with van der Waals surface area (Å²) in [6.07, 6.45) is 0.0630. The molecule has 1 aromatic heterocycles. The Hall–Kier alpha value is -1.17. The molecule has 2 amide bonds. The Kier molecular flexibility index (Phi) is 4.39. The van der Waals surface area contributed by atoms with Gasteiger partial charge in [0.25, 0.3) is 11.8 Å². The van der Waals surface area contributed by atoms with Crippen molar-refractivity contribution in [2.45, 2.75) is 20.0 Å².